The van der Waals surface area contributed by atoms with E-state index in [-0.39, 0.29) is 24.0 Å². The maximum Gasteiger partial charge on any atom is 0.250 e. The third-order valence-electron chi connectivity index (χ3n) is 6.57. The number of hydrogen-bond acceptors (Lipinski definition) is 4. The molecule has 8 heteroatoms. The number of nitrogens with two attached hydrogens (primary N) is 1. The summed E-state index contributed by atoms with van der Waals surface area (Å²) in [6.45, 7) is 3.42. The molecule has 6 nitrogen and oxygen atoms in total. The van der Waals surface area contributed by atoms with E-state index in [0.717, 1.165) is 43.6 Å². The van der Waals surface area contributed by atoms with Crippen LogP contribution in [0.2, 0.25) is 0 Å². The molecule has 164 valence electrons. The molecule has 0 radical (unpaired) electrons. The Balaban J connectivity index is 1.44. The lowest BCUT2D eigenvalue weighted by Crippen LogP contribution is -2.53. The first kappa shape index (κ1) is 21.2. The van der Waals surface area contributed by atoms with Crippen molar-refractivity contribution in [1.82, 2.24) is 10.3 Å². The van der Waals surface area contributed by atoms with Gasteiger partial charge < -0.3 is 16.0 Å². The molecule has 31 heavy (non-hydrogen) atoms. The molecular formula is C23H26F2N4O2. The monoisotopic (exact) mass is 428 g/mol. The minimum atomic E-state index is -0.989. The number of aromatic nitrogens is 1. The molecule has 2 bridgehead atoms. The Labute approximate surface area is 179 Å². The molecule has 3 heterocycles. The lowest BCUT2D eigenvalue weighted by atomic mass is 9.83. The maximum atomic E-state index is 13.7. The first-order valence-electron chi connectivity index (χ1n) is 10.5. The van der Waals surface area contributed by atoms with Crippen molar-refractivity contribution in [2.24, 2.45) is 5.73 Å². The number of pyridine rings is 1. The number of hydrogen-bond donors (Lipinski definition) is 2. The van der Waals surface area contributed by atoms with Gasteiger partial charge in [-0.15, -0.1) is 0 Å². The first-order valence-corrected chi connectivity index (χ1v) is 10.5. The molecule has 2 atom stereocenters. The van der Waals surface area contributed by atoms with Gasteiger partial charge in [-0.05, 0) is 69.4 Å². The summed E-state index contributed by atoms with van der Waals surface area (Å²) < 4.78 is 27.0. The predicted octanol–water partition coefficient (Wildman–Crippen LogP) is 3.05. The largest absolute Gasteiger partial charge is 0.366 e. The highest BCUT2D eigenvalue weighted by Crippen LogP contribution is 2.39. The van der Waals surface area contributed by atoms with Gasteiger partial charge in [0.15, 0.2) is 11.6 Å². The van der Waals surface area contributed by atoms with Crippen LogP contribution in [0, 0.1) is 11.6 Å². The summed E-state index contributed by atoms with van der Waals surface area (Å²) in [5.41, 5.74) is 5.11. The third kappa shape index (κ3) is 3.98. The van der Waals surface area contributed by atoms with Crippen LogP contribution in [0.25, 0.3) is 0 Å². The Morgan fingerprint density at radius 1 is 1.10 bits per heavy atom. The summed E-state index contributed by atoms with van der Waals surface area (Å²) in [4.78, 5) is 31.0. The molecule has 2 aliphatic rings. The molecule has 0 aliphatic carbocycles. The van der Waals surface area contributed by atoms with E-state index < -0.39 is 23.0 Å². The maximum absolute atomic E-state index is 13.7. The van der Waals surface area contributed by atoms with E-state index in [1.54, 1.807) is 19.9 Å². The van der Waals surface area contributed by atoms with Crippen molar-refractivity contribution in [3.8, 4) is 0 Å². The number of benzene rings is 1. The quantitative estimate of drug-likeness (QED) is 0.766. The Morgan fingerprint density at radius 2 is 1.77 bits per heavy atom. The van der Waals surface area contributed by atoms with E-state index in [2.05, 4.69) is 15.2 Å². The molecule has 3 N–H and O–H groups in total. The molecule has 1 aromatic carbocycles. The number of piperidine rings is 1. The zero-order valence-electron chi connectivity index (χ0n) is 17.6. The highest BCUT2D eigenvalue weighted by Gasteiger charge is 2.43. The van der Waals surface area contributed by atoms with Crippen LogP contribution in [0.15, 0.2) is 36.5 Å². The van der Waals surface area contributed by atoms with Gasteiger partial charge in [0.1, 0.15) is 5.82 Å². The standard InChI is InChI=1S/C23H26F2N4O2/c1-23(2,14-4-7-18(24)19(25)9-14)22(31)28-15-10-16-5-6-17(11-15)29(16)20-8-3-13(12-27-20)21(26)30/h3-4,7-9,12,15-17H,5-6,10-11H2,1-2H3,(H2,26,30)(H,28,31). The molecule has 4 rings (SSSR count). The van der Waals surface area contributed by atoms with Crippen molar-refractivity contribution in [2.75, 3.05) is 4.90 Å². The minimum absolute atomic E-state index is 0.00397. The Morgan fingerprint density at radius 3 is 2.32 bits per heavy atom. The molecular weight excluding hydrogens is 402 g/mol. The van der Waals surface area contributed by atoms with Crippen molar-refractivity contribution in [3.63, 3.8) is 0 Å². The highest BCUT2D eigenvalue weighted by atomic mass is 19.2. The van der Waals surface area contributed by atoms with Crippen molar-refractivity contribution in [1.29, 1.82) is 0 Å². The predicted molar refractivity (Wildman–Crippen MR) is 113 cm³/mol. The van der Waals surface area contributed by atoms with E-state index in [1.165, 1.54) is 12.3 Å². The average Bonchev–Trinajstić information content (AvgIpc) is 3.00. The second-order valence-corrected chi connectivity index (χ2v) is 8.96. The topological polar surface area (TPSA) is 88.3 Å². The van der Waals surface area contributed by atoms with Gasteiger partial charge in [0, 0.05) is 24.3 Å². The van der Waals surface area contributed by atoms with E-state index in [0.29, 0.717) is 11.1 Å². The van der Waals surface area contributed by atoms with Crippen molar-refractivity contribution in [3.05, 3.63) is 59.3 Å². The summed E-state index contributed by atoms with van der Waals surface area (Å²) in [6.07, 6.45) is 5.05. The fraction of sp³-hybridized carbons (Fsp3) is 0.435. The Kier molecular flexibility index (Phi) is 5.41. The SMILES string of the molecule is CC(C)(C(=O)NC1CC2CCC(C1)N2c1ccc(C(N)=O)cn1)c1ccc(F)c(F)c1. The third-order valence-corrected chi connectivity index (χ3v) is 6.57. The number of amides is 2. The number of nitrogens with zero attached hydrogens (tertiary/aromatic N) is 2. The molecule has 0 saturated carbocycles. The molecule has 2 unspecified atom stereocenters. The van der Waals surface area contributed by atoms with Gasteiger partial charge in [-0.2, -0.15) is 0 Å². The molecule has 2 fully saturated rings. The molecule has 2 saturated heterocycles. The number of anilines is 1. The molecule has 1 aromatic heterocycles. The lowest BCUT2D eigenvalue weighted by Gasteiger charge is -2.41. The van der Waals surface area contributed by atoms with Crippen LogP contribution in [-0.2, 0) is 10.2 Å². The second-order valence-electron chi connectivity index (χ2n) is 8.96. The number of rotatable bonds is 5. The fourth-order valence-corrected chi connectivity index (χ4v) is 4.74. The average molecular weight is 428 g/mol. The number of nitrogens with one attached hydrogen (secondary N) is 1. The molecule has 2 aromatic rings. The van der Waals surface area contributed by atoms with Gasteiger partial charge in [-0.3, -0.25) is 9.59 Å². The number of carbonyl (C=O) groups is 2. The normalized spacial score (nSPS) is 23.0. The number of carbonyl (C=O) groups excluding carboxylic acids is 2. The minimum Gasteiger partial charge on any atom is -0.366 e. The number of primary amides is 1. The van der Waals surface area contributed by atoms with Crippen LogP contribution >= 0.6 is 0 Å². The smallest absolute Gasteiger partial charge is 0.250 e. The fourth-order valence-electron chi connectivity index (χ4n) is 4.74. The summed E-state index contributed by atoms with van der Waals surface area (Å²) in [5, 5.41) is 3.13. The van der Waals surface area contributed by atoms with Gasteiger partial charge in [-0.25, -0.2) is 13.8 Å². The summed E-state index contributed by atoms with van der Waals surface area (Å²) in [6, 6.07) is 7.56. The van der Waals surface area contributed by atoms with Gasteiger partial charge >= 0.3 is 0 Å². The first-order chi connectivity index (χ1) is 14.7. The van der Waals surface area contributed by atoms with Gasteiger partial charge in [0.2, 0.25) is 11.8 Å². The molecule has 2 amide bonds. The van der Waals surface area contributed by atoms with Crippen LogP contribution in [0.5, 0.6) is 0 Å². The Bertz CT molecular complexity index is 995. The second kappa shape index (κ2) is 7.90. The van der Waals surface area contributed by atoms with Crippen LogP contribution in [0.1, 0.15) is 55.5 Å². The molecule has 2 aliphatic heterocycles. The number of fused-ring (bicyclic) bond motifs is 2. The van der Waals surface area contributed by atoms with E-state index in [1.807, 2.05) is 6.07 Å². The van der Waals surface area contributed by atoms with Crippen molar-refractivity contribution >= 4 is 17.6 Å². The van der Waals surface area contributed by atoms with Crippen LogP contribution in [-0.4, -0.2) is 34.9 Å². The zero-order chi connectivity index (χ0) is 22.3. The van der Waals surface area contributed by atoms with Crippen LogP contribution < -0.4 is 16.0 Å². The van der Waals surface area contributed by atoms with E-state index >= 15 is 0 Å². The van der Waals surface area contributed by atoms with Crippen molar-refractivity contribution in [2.45, 2.75) is 63.1 Å². The summed E-state index contributed by atoms with van der Waals surface area (Å²) in [5.74, 6) is -1.79. The number of halogens is 2. The van der Waals surface area contributed by atoms with E-state index in [4.69, 9.17) is 5.73 Å². The lowest BCUT2D eigenvalue weighted by molar-refractivity contribution is -0.126. The van der Waals surface area contributed by atoms with Gasteiger partial charge in [0.05, 0.1) is 11.0 Å². The van der Waals surface area contributed by atoms with Crippen LogP contribution in [0.3, 0.4) is 0 Å². The molecule has 0 spiro atoms. The highest BCUT2D eigenvalue weighted by molar-refractivity contribution is 5.92. The summed E-state index contributed by atoms with van der Waals surface area (Å²) in [7, 11) is 0. The summed E-state index contributed by atoms with van der Waals surface area (Å²) >= 11 is 0. The zero-order valence-corrected chi connectivity index (χ0v) is 17.6. The Hall–Kier alpha value is -3.03. The van der Waals surface area contributed by atoms with E-state index in [9.17, 15) is 18.4 Å². The van der Waals surface area contributed by atoms with Crippen LogP contribution in [0.4, 0.5) is 14.6 Å². The van der Waals surface area contributed by atoms with Gasteiger partial charge in [0.25, 0.3) is 0 Å². The van der Waals surface area contributed by atoms with Gasteiger partial charge in [-0.1, -0.05) is 6.07 Å². The van der Waals surface area contributed by atoms with Crippen molar-refractivity contribution < 1.29 is 18.4 Å².